The molecule has 1 saturated heterocycles. The van der Waals surface area contributed by atoms with Crippen LogP contribution in [0.2, 0.25) is 0 Å². The minimum absolute atomic E-state index is 0.0490. The quantitative estimate of drug-likeness (QED) is 0.769. The van der Waals surface area contributed by atoms with Crippen LogP contribution in [0.4, 0.5) is 4.39 Å². The average molecular weight is 424 g/mol. The van der Waals surface area contributed by atoms with Gasteiger partial charge < -0.3 is 10.1 Å². The van der Waals surface area contributed by atoms with E-state index >= 15 is 0 Å². The van der Waals surface area contributed by atoms with Crippen LogP contribution in [0.3, 0.4) is 0 Å². The van der Waals surface area contributed by atoms with Gasteiger partial charge in [-0.1, -0.05) is 18.2 Å². The van der Waals surface area contributed by atoms with Crippen molar-refractivity contribution in [2.24, 2.45) is 0 Å². The second-order valence-corrected chi connectivity index (χ2v) is 10.3. The zero-order chi connectivity index (χ0) is 20.3. The maximum atomic E-state index is 13.9. The van der Waals surface area contributed by atoms with E-state index in [-0.39, 0.29) is 28.4 Å². The van der Waals surface area contributed by atoms with Crippen molar-refractivity contribution in [3.05, 3.63) is 59.4 Å². The summed E-state index contributed by atoms with van der Waals surface area (Å²) in [5.74, 6) is -0.295. The Morgan fingerprint density at radius 2 is 2.04 bits per heavy atom. The van der Waals surface area contributed by atoms with E-state index in [4.69, 9.17) is 4.74 Å². The normalized spacial score (nSPS) is 19.2. The van der Waals surface area contributed by atoms with E-state index in [1.807, 2.05) is 12.1 Å². The second-order valence-electron chi connectivity index (χ2n) is 6.73. The molecule has 1 heterocycles. The van der Waals surface area contributed by atoms with Crippen molar-refractivity contribution in [2.75, 3.05) is 18.6 Å². The number of rotatable bonds is 6. The van der Waals surface area contributed by atoms with Gasteiger partial charge in [0.1, 0.15) is 0 Å². The van der Waals surface area contributed by atoms with E-state index in [9.17, 15) is 17.6 Å². The van der Waals surface area contributed by atoms with Crippen molar-refractivity contribution in [2.45, 2.75) is 29.5 Å². The number of carbonyl (C=O) groups is 1. The summed E-state index contributed by atoms with van der Waals surface area (Å²) in [6.07, 6.45) is 0.588. The maximum absolute atomic E-state index is 13.9. The summed E-state index contributed by atoms with van der Waals surface area (Å²) in [5.41, 5.74) is 1.11. The molecule has 1 N–H and O–H groups in total. The van der Waals surface area contributed by atoms with Crippen molar-refractivity contribution in [3.63, 3.8) is 0 Å². The highest BCUT2D eigenvalue weighted by atomic mass is 32.2. The van der Waals surface area contributed by atoms with Gasteiger partial charge in [-0.25, -0.2) is 12.8 Å². The van der Waals surface area contributed by atoms with E-state index in [1.54, 1.807) is 25.1 Å². The lowest BCUT2D eigenvalue weighted by molar-refractivity contribution is 0.0937. The highest BCUT2D eigenvalue weighted by molar-refractivity contribution is 8.02. The van der Waals surface area contributed by atoms with Crippen LogP contribution in [0.15, 0.2) is 47.4 Å². The van der Waals surface area contributed by atoms with Crippen molar-refractivity contribution >= 4 is 27.5 Å². The van der Waals surface area contributed by atoms with Gasteiger partial charge in [0.05, 0.1) is 30.2 Å². The minimum atomic E-state index is -2.98. The fourth-order valence-electron chi connectivity index (χ4n) is 3.10. The topological polar surface area (TPSA) is 72.5 Å². The summed E-state index contributed by atoms with van der Waals surface area (Å²) in [4.78, 5) is 13.5. The molecule has 2 atom stereocenters. The van der Waals surface area contributed by atoms with Gasteiger partial charge in [-0.3, -0.25) is 4.79 Å². The molecule has 1 aliphatic rings. The van der Waals surface area contributed by atoms with E-state index < -0.39 is 21.7 Å². The van der Waals surface area contributed by atoms with Gasteiger partial charge in [0, 0.05) is 10.1 Å². The molecule has 1 fully saturated rings. The molecule has 0 bridgehead atoms. The lowest BCUT2D eigenvalue weighted by atomic mass is 10.1. The van der Waals surface area contributed by atoms with Gasteiger partial charge in [-0.05, 0) is 43.2 Å². The fraction of sp³-hybridized carbons (Fsp3) is 0.350. The predicted molar refractivity (Wildman–Crippen MR) is 108 cm³/mol. The number of methoxy groups -OCH3 is 1. The lowest BCUT2D eigenvalue weighted by Gasteiger charge is -2.17. The molecule has 0 aliphatic carbocycles. The molecule has 0 unspecified atom stereocenters. The number of nitrogens with one attached hydrogen (secondary N) is 1. The van der Waals surface area contributed by atoms with Gasteiger partial charge in [-0.2, -0.15) is 0 Å². The van der Waals surface area contributed by atoms with E-state index in [0.717, 1.165) is 4.90 Å². The largest absolute Gasteiger partial charge is 0.494 e. The smallest absolute Gasteiger partial charge is 0.252 e. The summed E-state index contributed by atoms with van der Waals surface area (Å²) in [7, 11) is -1.58. The summed E-state index contributed by atoms with van der Waals surface area (Å²) in [6.45, 7) is 1.78. The molecule has 0 saturated carbocycles. The SMILES string of the molecule is COc1ccc([C@H](C)NC(=O)c2ccccc2S[C@H]2CCS(=O)(=O)C2)cc1F. The number of benzene rings is 2. The first-order valence-electron chi connectivity index (χ1n) is 8.89. The molecular weight excluding hydrogens is 401 g/mol. The second kappa shape index (κ2) is 8.53. The lowest BCUT2D eigenvalue weighted by Crippen LogP contribution is -2.27. The Morgan fingerprint density at radius 3 is 2.68 bits per heavy atom. The third-order valence-corrected chi connectivity index (χ3v) is 7.96. The summed E-state index contributed by atoms with van der Waals surface area (Å²) in [5, 5.41) is 2.83. The Labute approximate surface area is 168 Å². The van der Waals surface area contributed by atoms with Gasteiger partial charge in [0.2, 0.25) is 0 Å². The molecule has 0 radical (unpaired) electrons. The van der Waals surface area contributed by atoms with Crippen molar-refractivity contribution < 1.29 is 22.3 Å². The van der Waals surface area contributed by atoms with E-state index in [1.165, 1.54) is 31.0 Å². The Bertz CT molecular complexity index is 978. The molecule has 0 aromatic heterocycles. The number of amides is 1. The molecule has 150 valence electrons. The molecule has 1 aliphatic heterocycles. The number of hydrogen-bond acceptors (Lipinski definition) is 5. The first-order chi connectivity index (χ1) is 13.3. The molecular formula is C20H22FNO4S2. The Hall–Kier alpha value is -2.06. The number of halogens is 1. The first kappa shape index (κ1) is 20.7. The number of thioether (sulfide) groups is 1. The molecule has 28 heavy (non-hydrogen) atoms. The third kappa shape index (κ3) is 4.86. The number of ether oxygens (including phenoxy) is 1. The monoisotopic (exact) mass is 423 g/mol. The molecule has 0 spiro atoms. The summed E-state index contributed by atoms with van der Waals surface area (Å²) >= 11 is 1.42. The maximum Gasteiger partial charge on any atom is 0.252 e. The predicted octanol–water partition coefficient (Wildman–Crippen LogP) is 3.60. The van der Waals surface area contributed by atoms with Gasteiger partial charge in [0.15, 0.2) is 21.4 Å². The first-order valence-corrected chi connectivity index (χ1v) is 11.6. The Balaban J connectivity index is 1.73. The molecule has 1 amide bonds. The van der Waals surface area contributed by atoms with Crippen LogP contribution in [-0.4, -0.2) is 38.2 Å². The molecule has 5 nitrogen and oxygen atoms in total. The van der Waals surface area contributed by atoms with Crippen LogP contribution >= 0.6 is 11.8 Å². The highest BCUT2D eigenvalue weighted by Crippen LogP contribution is 2.33. The zero-order valence-corrected chi connectivity index (χ0v) is 17.3. The molecule has 8 heteroatoms. The van der Waals surface area contributed by atoms with Gasteiger partial charge >= 0.3 is 0 Å². The van der Waals surface area contributed by atoms with Crippen molar-refractivity contribution in [1.82, 2.24) is 5.32 Å². The van der Waals surface area contributed by atoms with E-state index in [0.29, 0.717) is 17.5 Å². The van der Waals surface area contributed by atoms with Crippen LogP contribution in [0.5, 0.6) is 5.75 Å². The highest BCUT2D eigenvalue weighted by Gasteiger charge is 2.29. The fourth-order valence-corrected chi connectivity index (χ4v) is 6.73. The van der Waals surface area contributed by atoms with Crippen LogP contribution in [0.1, 0.15) is 35.3 Å². The number of sulfone groups is 1. The van der Waals surface area contributed by atoms with Crippen LogP contribution < -0.4 is 10.1 Å². The standard InChI is InChI=1S/C20H22FNO4S2/c1-13(14-7-8-18(26-2)17(21)11-14)22-20(23)16-5-3-4-6-19(16)27-15-9-10-28(24,25)12-15/h3-8,11,13,15H,9-10,12H2,1-2H3,(H,22,23)/t13-,15-/m0/s1. The summed E-state index contributed by atoms with van der Waals surface area (Å²) < 4.78 is 42.2. The average Bonchev–Trinajstić information content (AvgIpc) is 3.00. The van der Waals surface area contributed by atoms with Gasteiger partial charge in [-0.15, -0.1) is 11.8 Å². The Kier molecular flexibility index (Phi) is 6.30. The van der Waals surface area contributed by atoms with Crippen LogP contribution in [0, 0.1) is 5.82 Å². The molecule has 3 rings (SSSR count). The van der Waals surface area contributed by atoms with Crippen molar-refractivity contribution in [3.8, 4) is 5.75 Å². The number of hydrogen-bond donors (Lipinski definition) is 1. The minimum Gasteiger partial charge on any atom is -0.494 e. The van der Waals surface area contributed by atoms with Crippen LogP contribution in [0.25, 0.3) is 0 Å². The van der Waals surface area contributed by atoms with Crippen molar-refractivity contribution in [1.29, 1.82) is 0 Å². The number of carbonyl (C=O) groups excluding carboxylic acids is 1. The van der Waals surface area contributed by atoms with E-state index in [2.05, 4.69) is 5.32 Å². The third-order valence-electron chi connectivity index (χ3n) is 4.64. The Morgan fingerprint density at radius 1 is 1.29 bits per heavy atom. The molecule has 2 aromatic carbocycles. The molecule has 2 aromatic rings. The summed E-state index contributed by atoms with van der Waals surface area (Å²) in [6, 6.07) is 11.3. The zero-order valence-electron chi connectivity index (χ0n) is 15.6. The van der Waals surface area contributed by atoms with Crippen LogP contribution in [-0.2, 0) is 9.84 Å². The van der Waals surface area contributed by atoms with Gasteiger partial charge in [0.25, 0.3) is 5.91 Å².